The lowest BCUT2D eigenvalue weighted by Gasteiger charge is -2.09. The fourth-order valence-corrected chi connectivity index (χ4v) is 2.70. The van der Waals surface area contributed by atoms with Gasteiger partial charge in [0.1, 0.15) is 0 Å². The Bertz CT molecular complexity index is 620. The van der Waals surface area contributed by atoms with E-state index in [1.807, 2.05) is 5.38 Å². The molecule has 1 unspecified atom stereocenters. The van der Waals surface area contributed by atoms with Crippen molar-refractivity contribution >= 4 is 22.4 Å². The number of hydrogen-bond donors (Lipinski definition) is 2. The van der Waals surface area contributed by atoms with Crippen LogP contribution in [-0.4, -0.2) is 22.4 Å². The normalized spacial score (nSPS) is 12.4. The first-order chi connectivity index (χ1) is 10.0. The van der Waals surface area contributed by atoms with Gasteiger partial charge in [-0.25, -0.2) is 9.97 Å². The molecule has 2 aromatic heterocycles. The van der Waals surface area contributed by atoms with Crippen molar-refractivity contribution in [3.8, 4) is 0 Å². The highest BCUT2D eigenvalue weighted by molar-refractivity contribution is 7.14. The van der Waals surface area contributed by atoms with E-state index in [2.05, 4.69) is 34.4 Å². The summed E-state index contributed by atoms with van der Waals surface area (Å²) in [5.41, 5.74) is 1.51. The Kier molecular flexibility index (Phi) is 5.08. The van der Waals surface area contributed by atoms with Crippen molar-refractivity contribution in [1.29, 1.82) is 0 Å². The average Bonchev–Trinajstić information content (AvgIpc) is 3.02. The summed E-state index contributed by atoms with van der Waals surface area (Å²) >= 11 is 1.40. The van der Waals surface area contributed by atoms with Crippen LogP contribution in [0.5, 0.6) is 0 Å². The van der Waals surface area contributed by atoms with Gasteiger partial charge >= 0.3 is 0 Å². The lowest BCUT2D eigenvalue weighted by atomic mass is 10.2. The zero-order valence-corrected chi connectivity index (χ0v) is 13.5. The molecule has 2 heterocycles. The van der Waals surface area contributed by atoms with E-state index >= 15 is 0 Å². The molecule has 0 aliphatic carbocycles. The van der Waals surface area contributed by atoms with Crippen LogP contribution in [0, 0.1) is 13.8 Å². The fourth-order valence-electron chi connectivity index (χ4n) is 1.90. The van der Waals surface area contributed by atoms with Crippen LogP contribution in [0.3, 0.4) is 0 Å². The van der Waals surface area contributed by atoms with E-state index in [-0.39, 0.29) is 17.7 Å². The quantitative estimate of drug-likeness (QED) is 0.857. The van der Waals surface area contributed by atoms with Gasteiger partial charge in [-0.05, 0) is 26.8 Å². The summed E-state index contributed by atoms with van der Waals surface area (Å²) in [5, 5.41) is 8.62. The molecule has 114 valence electrons. The molecular weight excluding hydrogens is 288 g/mol. The molecule has 7 heteroatoms. The molecule has 0 saturated carbocycles. The van der Waals surface area contributed by atoms with Crippen molar-refractivity contribution in [3.05, 3.63) is 28.4 Å². The van der Waals surface area contributed by atoms with Crippen molar-refractivity contribution < 1.29 is 9.21 Å². The summed E-state index contributed by atoms with van der Waals surface area (Å²) in [6.45, 7) is 8.58. The number of aryl methyl sites for hydroxylation is 2. The third-order valence-electron chi connectivity index (χ3n) is 3.00. The van der Waals surface area contributed by atoms with Crippen molar-refractivity contribution in [2.24, 2.45) is 0 Å². The number of amides is 1. The molecule has 2 rings (SSSR count). The highest BCUT2D eigenvalue weighted by atomic mass is 32.1. The number of thiazole rings is 1. The predicted molar refractivity (Wildman–Crippen MR) is 82.8 cm³/mol. The third-order valence-corrected chi connectivity index (χ3v) is 3.77. The maximum Gasteiger partial charge on any atom is 0.295 e. The molecule has 2 aromatic rings. The first kappa shape index (κ1) is 15.7. The second kappa shape index (κ2) is 6.82. The largest absolute Gasteiger partial charge is 0.436 e. The number of nitrogens with one attached hydrogen (secondary N) is 2. The number of hydrogen-bond acceptors (Lipinski definition) is 6. The lowest BCUT2D eigenvalue weighted by Crippen LogP contribution is -2.19. The molecule has 0 saturated heterocycles. The van der Waals surface area contributed by atoms with Gasteiger partial charge < -0.3 is 9.73 Å². The highest BCUT2D eigenvalue weighted by Crippen LogP contribution is 2.21. The smallest absolute Gasteiger partial charge is 0.295 e. The van der Waals surface area contributed by atoms with Crippen molar-refractivity contribution in [3.63, 3.8) is 0 Å². The number of oxazole rings is 1. The number of aromatic nitrogens is 2. The van der Waals surface area contributed by atoms with Crippen LogP contribution < -0.4 is 10.6 Å². The van der Waals surface area contributed by atoms with Crippen LogP contribution in [0.15, 0.2) is 9.80 Å². The Balaban J connectivity index is 2.02. The van der Waals surface area contributed by atoms with Gasteiger partial charge in [0.05, 0.1) is 11.4 Å². The zero-order valence-electron chi connectivity index (χ0n) is 12.7. The number of carbonyl (C=O) groups is 1. The molecule has 1 atom stereocenters. The van der Waals surface area contributed by atoms with Gasteiger partial charge in [-0.3, -0.25) is 10.1 Å². The van der Waals surface area contributed by atoms with Crippen molar-refractivity contribution in [2.75, 3.05) is 11.9 Å². The third kappa shape index (κ3) is 3.89. The molecule has 0 aliphatic rings. The predicted octanol–water partition coefficient (Wildman–Crippen LogP) is 3.06. The minimum Gasteiger partial charge on any atom is -0.436 e. The van der Waals surface area contributed by atoms with Gasteiger partial charge in [-0.15, -0.1) is 11.3 Å². The summed E-state index contributed by atoms with van der Waals surface area (Å²) < 4.78 is 5.30. The van der Waals surface area contributed by atoms with Crippen LogP contribution in [0.1, 0.15) is 54.1 Å². The van der Waals surface area contributed by atoms with Crippen LogP contribution in [0.2, 0.25) is 0 Å². The zero-order chi connectivity index (χ0) is 15.4. The summed E-state index contributed by atoms with van der Waals surface area (Å²) in [6.07, 6.45) is 1.07. The lowest BCUT2D eigenvalue weighted by molar-refractivity contribution is 0.0994. The summed E-state index contributed by atoms with van der Waals surface area (Å²) in [5.74, 6) is 0.402. The van der Waals surface area contributed by atoms with E-state index in [4.69, 9.17) is 4.42 Å². The molecule has 0 radical (unpaired) electrons. The Labute approximate surface area is 128 Å². The molecule has 0 spiro atoms. The molecule has 1 amide bonds. The Morgan fingerprint density at radius 2 is 2.19 bits per heavy atom. The van der Waals surface area contributed by atoms with Gasteiger partial charge in [-0.2, -0.15) is 0 Å². The number of rotatable bonds is 6. The molecule has 21 heavy (non-hydrogen) atoms. The Morgan fingerprint density at radius 1 is 1.43 bits per heavy atom. The molecule has 2 N–H and O–H groups in total. The molecule has 0 bridgehead atoms. The monoisotopic (exact) mass is 308 g/mol. The molecule has 0 fully saturated rings. The van der Waals surface area contributed by atoms with Gasteiger partial charge in [0.25, 0.3) is 5.91 Å². The van der Waals surface area contributed by atoms with Crippen molar-refractivity contribution in [2.45, 2.75) is 40.2 Å². The molecular formula is C14H20N4O2S. The molecule has 6 nitrogen and oxygen atoms in total. The van der Waals surface area contributed by atoms with Crippen molar-refractivity contribution in [1.82, 2.24) is 15.3 Å². The van der Waals surface area contributed by atoms with Gasteiger partial charge in [-0.1, -0.05) is 6.92 Å². The maximum atomic E-state index is 12.1. The second-order valence-electron chi connectivity index (χ2n) is 4.85. The van der Waals surface area contributed by atoms with E-state index in [1.54, 1.807) is 13.8 Å². The van der Waals surface area contributed by atoms with Crippen LogP contribution >= 0.6 is 11.3 Å². The van der Waals surface area contributed by atoms with E-state index in [0.29, 0.717) is 16.7 Å². The molecule has 0 aliphatic heterocycles. The minimum absolute atomic E-state index is 0.168. The van der Waals surface area contributed by atoms with E-state index in [9.17, 15) is 4.79 Å². The summed E-state index contributed by atoms with van der Waals surface area (Å²) in [7, 11) is 0. The number of carbonyl (C=O) groups excluding carboxylic acids is 1. The topological polar surface area (TPSA) is 80.0 Å². The SMILES string of the molecule is CCCNC(C)c1csc(NC(=O)c2oc(C)nc2C)n1. The standard InChI is InChI=1S/C14H20N4O2S/c1-5-6-15-8(2)11-7-21-14(17-11)18-13(19)12-9(3)16-10(4)20-12/h7-8,15H,5-6H2,1-4H3,(H,17,18,19). The minimum atomic E-state index is -0.317. The molecule has 0 aromatic carbocycles. The van der Waals surface area contributed by atoms with Gasteiger partial charge in [0.2, 0.25) is 5.76 Å². The van der Waals surface area contributed by atoms with Gasteiger partial charge in [0, 0.05) is 18.3 Å². The highest BCUT2D eigenvalue weighted by Gasteiger charge is 2.18. The van der Waals surface area contributed by atoms with Crippen LogP contribution in [0.4, 0.5) is 5.13 Å². The summed E-state index contributed by atoms with van der Waals surface area (Å²) in [4.78, 5) is 20.6. The van der Waals surface area contributed by atoms with E-state index in [1.165, 1.54) is 11.3 Å². The van der Waals surface area contributed by atoms with Gasteiger partial charge in [0.15, 0.2) is 11.0 Å². The summed E-state index contributed by atoms with van der Waals surface area (Å²) in [6, 6.07) is 0.168. The number of nitrogens with zero attached hydrogens (tertiary/aromatic N) is 2. The first-order valence-corrected chi connectivity index (χ1v) is 7.83. The van der Waals surface area contributed by atoms with Crippen LogP contribution in [0.25, 0.3) is 0 Å². The van der Waals surface area contributed by atoms with E-state index < -0.39 is 0 Å². The first-order valence-electron chi connectivity index (χ1n) is 6.95. The maximum absolute atomic E-state index is 12.1. The average molecular weight is 308 g/mol. The fraction of sp³-hybridized carbons (Fsp3) is 0.500. The Hall–Kier alpha value is -1.73. The van der Waals surface area contributed by atoms with Crippen LogP contribution in [-0.2, 0) is 0 Å². The number of anilines is 1. The van der Waals surface area contributed by atoms with E-state index in [0.717, 1.165) is 18.7 Å². The Morgan fingerprint density at radius 3 is 2.81 bits per heavy atom. The second-order valence-corrected chi connectivity index (χ2v) is 5.71.